The van der Waals surface area contributed by atoms with Gasteiger partial charge in [0.25, 0.3) is 0 Å². The van der Waals surface area contributed by atoms with Crippen molar-refractivity contribution in [2.75, 3.05) is 0 Å². The summed E-state index contributed by atoms with van der Waals surface area (Å²) in [7, 11) is 1.93. The van der Waals surface area contributed by atoms with E-state index in [9.17, 15) is 0 Å². The summed E-state index contributed by atoms with van der Waals surface area (Å²) < 4.78 is 1.94. The molecule has 0 N–H and O–H groups in total. The molecular weight excluding hydrogens is 160 g/mol. The molecule has 1 heterocycles. The van der Waals surface area contributed by atoms with Crippen LogP contribution < -0.4 is 0 Å². The molecule has 0 spiro atoms. The van der Waals surface area contributed by atoms with Crippen LogP contribution in [0.2, 0.25) is 0 Å². The molecule has 0 saturated carbocycles. The molecule has 2 rings (SSSR count). The Morgan fingerprint density at radius 1 is 1.23 bits per heavy atom. The van der Waals surface area contributed by atoms with Gasteiger partial charge in [0.1, 0.15) is 0 Å². The molecule has 0 atom stereocenters. The third-order valence-electron chi connectivity index (χ3n) is 2.48. The molecule has 0 aliphatic heterocycles. The van der Waals surface area contributed by atoms with E-state index >= 15 is 0 Å². The molecule has 0 radical (unpaired) electrons. The highest BCUT2D eigenvalue weighted by Crippen LogP contribution is 2.30. The number of hydrogen-bond acceptors (Lipinski definition) is 0. The van der Waals surface area contributed by atoms with Gasteiger partial charge in [0.05, 0.1) is 12.7 Å². The minimum absolute atomic E-state index is 0.730. The van der Waals surface area contributed by atoms with Crippen LogP contribution in [0.4, 0.5) is 5.82 Å². The summed E-state index contributed by atoms with van der Waals surface area (Å²) in [4.78, 5) is 3.53. The number of hydrogen-bond donors (Lipinski definition) is 0. The van der Waals surface area contributed by atoms with E-state index < -0.39 is 0 Å². The molecule has 0 bridgehead atoms. The maximum atomic E-state index is 7.08. The fraction of sp³-hybridized carbons (Fsp3) is 0.182. The van der Waals surface area contributed by atoms with Crippen LogP contribution in [-0.4, -0.2) is 4.57 Å². The van der Waals surface area contributed by atoms with Crippen LogP contribution in [0.1, 0.15) is 5.69 Å². The first-order valence-corrected chi connectivity index (χ1v) is 4.17. The van der Waals surface area contributed by atoms with Crippen molar-refractivity contribution in [2.45, 2.75) is 6.92 Å². The average Bonchev–Trinajstić information content (AvgIpc) is 2.41. The number of nitrogens with zero attached hydrogens (tertiary/aromatic N) is 2. The van der Waals surface area contributed by atoms with Gasteiger partial charge in [-0.3, -0.25) is 4.57 Å². The van der Waals surface area contributed by atoms with E-state index in [1.54, 1.807) is 0 Å². The second-order valence-corrected chi connectivity index (χ2v) is 3.13. The van der Waals surface area contributed by atoms with E-state index in [4.69, 9.17) is 6.57 Å². The molecule has 1 aromatic heterocycles. The van der Waals surface area contributed by atoms with Gasteiger partial charge < -0.3 is 4.85 Å². The lowest BCUT2D eigenvalue weighted by Crippen LogP contribution is -1.87. The molecule has 13 heavy (non-hydrogen) atoms. The largest absolute Gasteiger partial charge is 0.364 e. The summed E-state index contributed by atoms with van der Waals surface area (Å²) in [5.74, 6) is 0.730. The highest BCUT2D eigenvalue weighted by atomic mass is 15.0. The van der Waals surface area contributed by atoms with Crippen molar-refractivity contribution in [1.82, 2.24) is 4.57 Å². The van der Waals surface area contributed by atoms with Crippen molar-refractivity contribution in [2.24, 2.45) is 7.05 Å². The van der Waals surface area contributed by atoms with Crippen molar-refractivity contribution in [3.05, 3.63) is 41.4 Å². The topological polar surface area (TPSA) is 9.29 Å². The normalized spacial score (nSPS) is 10.2. The molecule has 1 aromatic carbocycles. The summed E-state index contributed by atoms with van der Waals surface area (Å²) in [5.41, 5.74) is 1.15. The minimum atomic E-state index is 0.730. The van der Waals surface area contributed by atoms with Crippen LogP contribution >= 0.6 is 0 Å². The van der Waals surface area contributed by atoms with Gasteiger partial charge in [-0.05, 0) is 6.92 Å². The van der Waals surface area contributed by atoms with Crippen LogP contribution in [0.15, 0.2) is 24.3 Å². The van der Waals surface area contributed by atoms with Gasteiger partial charge in [-0.15, -0.1) is 0 Å². The van der Waals surface area contributed by atoms with Crippen LogP contribution in [0, 0.1) is 13.5 Å². The monoisotopic (exact) mass is 170 g/mol. The van der Waals surface area contributed by atoms with Gasteiger partial charge >= 0.3 is 0 Å². The quantitative estimate of drug-likeness (QED) is 0.537. The predicted octanol–water partition coefficient (Wildman–Crippen LogP) is 3.04. The molecule has 0 saturated heterocycles. The Balaban J connectivity index is 3.00. The van der Waals surface area contributed by atoms with Gasteiger partial charge in [-0.25, -0.2) is 0 Å². The standard InChI is InChI=1S/C11H10N2/c1-8-9-6-4-5-7-10(9)11(12-2)13(8)3/h4-7H,1,3H3. The van der Waals surface area contributed by atoms with Gasteiger partial charge in [0, 0.05) is 10.8 Å². The maximum absolute atomic E-state index is 7.08. The Morgan fingerprint density at radius 3 is 2.46 bits per heavy atom. The molecule has 2 aromatic rings. The number of aryl methyl sites for hydroxylation is 1. The number of aromatic nitrogens is 1. The van der Waals surface area contributed by atoms with Gasteiger partial charge in [-0.2, -0.15) is 0 Å². The van der Waals surface area contributed by atoms with Crippen LogP contribution in [-0.2, 0) is 7.05 Å². The molecule has 0 unspecified atom stereocenters. The van der Waals surface area contributed by atoms with E-state index in [-0.39, 0.29) is 0 Å². The first-order valence-electron chi connectivity index (χ1n) is 4.17. The lowest BCUT2D eigenvalue weighted by molar-refractivity contribution is 0.906. The van der Waals surface area contributed by atoms with Crippen LogP contribution in [0.25, 0.3) is 15.6 Å². The summed E-state index contributed by atoms with van der Waals surface area (Å²) >= 11 is 0. The van der Waals surface area contributed by atoms with E-state index in [2.05, 4.69) is 10.9 Å². The smallest absolute Gasteiger partial charge is 0.237 e. The van der Waals surface area contributed by atoms with Crippen molar-refractivity contribution in [1.29, 1.82) is 0 Å². The Bertz CT molecular complexity index is 501. The fourth-order valence-electron chi connectivity index (χ4n) is 1.65. The molecule has 2 heteroatoms. The second-order valence-electron chi connectivity index (χ2n) is 3.13. The summed E-state index contributed by atoms with van der Waals surface area (Å²) in [6, 6.07) is 8.02. The Kier molecular flexibility index (Phi) is 1.60. The van der Waals surface area contributed by atoms with Crippen LogP contribution in [0.5, 0.6) is 0 Å². The van der Waals surface area contributed by atoms with Crippen molar-refractivity contribution >= 4 is 16.6 Å². The molecular formula is C11H10N2. The lowest BCUT2D eigenvalue weighted by Gasteiger charge is -1.93. The Morgan fingerprint density at radius 2 is 1.85 bits per heavy atom. The first kappa shape index (κ1) is 7.88. The molecule has 64 valence electrons. The zero-order valence-electron chi connectivity index (χ0n) is 7.70. The van der Waals surface area contributed by atoms with Crippen molar-refractivity contribution in [3.8, 4) is 0 Å². The predicted molar refractivity (Wildman–Crippen MR) is 53.9 cm³/mol. The van der Waals surface area contributed by atoms with Crippen LogP contribution in [0.3, 0.4) is 0 Å². The third-order valence-corrected chi connectivity index (χ3v) is 2.48. The highest BCUT2D eigenvalue weighted by molar-refractivity contribution is 5.96. The Hall–Kier alpha value is -1.75. The summed E-state index contributed by atoms with van der Waals surface area (Å²) in [5, 5.41) is 2.23. The summed E-state index contributed by atoms with van der Waals surface area (Å²) in [6.07, 6.45) is 0. The van der Waals surface area contributed by atoms with Crippen molar-refractivity contribution in [3.63, 3.8) is 0 Å². The van der Waals surface area contributed by atoms with E-state index in [1.165, 1.54) is 5.39 Å². The van der Waals surface area contributed by atoms with E-state index in [0.717, 1.165) is 16.9 Å². The number of fused-ring (bicyclic) bond motifs is 1. The summed E-state index contributed by atoms with van der Waals surface area (Å²) in [6.45, 7) is 9.12. The average molecular weight is 170 g/mol. The first-order chi connectivity index (χ1) is 6.25. The molecule has 0 aliphatic carbocycles. The molecule has 0 fully saturated rings. The van der Waals surface area contributed by atoms with Crippen molar-refractivity contribution < 1.29 is 0 Å². The highest BCUT2D eigenvalue weighted by Gasteiger charge is 2.10. The minimum Gasteiger partial charge on any atom is -0.364 e. The third kappa shape index (κ3) is 0.940. The van der Waals surface area contributed by atoms with E-state index in [1.807, 2.05) is 36.7 Å². The maximum Gasteiger partial charge on any atom is 0.237 e. The van der Waals surface area contributed by atoms with Gasteiger partial charge in [-0.1, -0.05) is 30.8 Å². The van der Waals surface area contributed by atoms with E-state index in [0.29, 0.717) is 0 Å². The zero-order chi connectivity index (χ0) is 9.42. The number of rotatable bonds is 0. The molecule has 0 amide bonds. The second kappa shape index (κ2) is 2.63. The van der Waals surface area contributed by atoms with Gasteiger partial charge in [0.15, 0.2) is 0 Å². The molecule has 0 aliphatic rings. The van der Waals surface area contributed by atoms with Gasteiger partial charge in [0.2, 0.25) is 5.82 Å². The zero-order valence-corrected chi connectivity index (χ0v) is 7.70. The number of benzene rings is 1. The lowest BCUT2D eigenvalue weighted by atomic mass is 10.2. The Labute approximate surface area is 77.2 Å². The SMILES string of the molecule is [C-]#[N+]c1c2ccccc2c(C)n1C. The molecule has 2 nitrogen and oxygen atoms in total. The fourth-order valence-corrected chi connectivity index (χ4v) is 1.65.